The first-order valence-corrected chi connectivity index (χ1v) is 7.60. The Hall–Kier alpha value is -1.82. The molecule has 0 saturated carbocycles. The number of pyridine rings is 1. The average Bonchev–Trinajstić information content (AvgIpc) is 2.53. The van der Waals surface area contributed by atoms with E-state index < -0.39 is 0 Å². The fourth-order valence-electron chi connectivity index (χ4n) is 2.20. The second-order valence-corrected chi connectivity index (χ2v) is 5.92. The number of amides is 1. The first-order chi connectivity index (χ1) is 9.83. The van der Waals surface area contributed by atoms with Crippen LogP contribution >= 0.6 is 11.8 Å². The van der Waals surface area contributed by atoms with Gasteiger partial charge >= 0.3 is 0 Å². The molecule has 1 amide bonds. The predicted molar refractivity (Wildman–Crippen MR) is 80.5 cm³/mol. The number of nitrogens with one attached hydrogen (secondary N) is 1. The lowest BCUT2D eigenvalue weighted by Crippen LogP contribution is -2.45. The van der Waals surface area contributed by atoms with Crippen LogP contribution in [-0.2, 0) is 11.3 Å². The van der Waals surface area contributed by atoms with Gasteiger partial charge in [-0.3, -0.25) is 14.8 Å². The van der Waals surface area contributed by atoms with E-state index in [0.29, 0.717) is 13.2 Å². The zero-order valence-corrected chi connectivity index (χ0v) is 11.8. The van der Waals surface area contributed by atoms with Gasteiger partial charge in [-0.05, 0) is 23.8 Å². The quantitative estimate of drug-likeness (QED) is 0.903. The van der Waals surface area contributed by atoms with Crippen LogP contribution in [0.5, 0.6) is 0 Å². The summed E-state index contributed by atoms with van der Waals surface area (Å²) in [5.74, 6) is 0.972. The van der Waals surface area contributed by atoms with Gasteiger partial charge in [0.15, 0.2) is 0 Å². The molecule has 1 aromatic heterocycles. The molecule has 0 spiro atoms. The van der Waals surface area contributed by atoms with Crippen LogP contribution in [0.25, 0.3) is 0 Å². The number of hydrogen-bond donors (Lipinski definition) is 1. The SMILES string of the molecule is O=C(NCc1ccncc1)C1CN2CN=CC=C2CS1. The Balaban J connectivity index is 1.53. The minimum absolute atomic E-state index is 0.0257. The smallest absolute Gasteiger partial charge is 0.235 e. The van der Waals surface area contributed by atoms with Gasteiger partial charge < -0.3 is 10.2 Å². The summed E-state index contributed by atoms with van der Waals surface area (Å²) >= 11 is 1.70. The molecule has 1 fully saturated rings. The van der Waals surface area contributed by atoms with Crippen molar-refractivity contribution in [3.8, 4) is 0 Å². The number of thioether (sulfide) groups is 1. The third-order valence-corrected chi connectivity index (χ3v) is 4.59. The van der Waals surface area contributed by atoms with Crippen LogP contribution in [0.2, 0.25) is 0 Å². The predicted octanol–water partition coefficient (Wildman–Crippen LogP) is 1.04. The van der Waals surface area contributed by atoms with E-state index in [-0.39, 0.29) is 11.2 Å². The fourth-order valence-corrected chi connectivity index (χ4v) is 3.37. The monoisotopic (exact) mass is 288 g/mol. The molecule has 0 aliphatic carbocycles. The summed E-state index contributed by atoms with van der Waals surface area (Å²) in [6, 6.07) is 3.82. The lowest BCUT2D eigenvalue weighted by atomic mass is 10.2. The molecule has 0 radical (unpaired) electrons. The van der Waals surface area contributed by atoms with Crippen molar-refractivity contribution in [2.75, 3.05) is 19.0 Å². The number of fused-ring (bicyclic) bond motifs is 1. The van der Waals surface area contributed by atoms with Crippen molar-refractivity contribution in [1.82, 2.24) is 15.2 Å². The van der Waals surface area contributed by atoms with E-state index in [4.69, 9.17) is 0 Å². The highest BCUT2D eigenvalue weighted by Crippen LogP contribution is 2.26. The minimum atomic E-state index is -0.0257. The van der Waals surface area contributed by atoms with Crippen molar-refractivity contribution in [2.45, 2.75) is 11.8 Å². The largest absolute Gasteiger partial charge is 0.353 e. The van der Waals surface area contributed by atoms with Crippen LogP contribution in [0.3, 0.4) is 0 Å². The van der Waals surface area contributed by atoms with Crippen LogP contribution in [0, 0.1) is 0 Å². The Morgan fingerprint density at radius 2 is 2.30 bits per heavy atom. The van der Waals surface area contributed by atoms with E-state index in [2.05, 4.69) is 20.2 Å². The van der Waals surface area contributed by atoms with Crippen LogP contribution in [0.1, 0.15) is 5.56 Å². The summed E-state index contributed by atoms with van der Waals surface area (Å²) in [5.41, 5.74) is 2.33. The number of rotatable bonds is 3. The average molecular weight is 288 g/mol. The molecule has 104 valence electrons. The van der Waals surface area contributed by atoms with E-state index >= 15 is 0 Å². The lowest BCUT2D eigenvalue weighted by molar-refractivity contribution is -0.121. The van der Waals surface area contributed by atoms with Crippen LogP contribution in [-0.4, -0.2) is 46.2 Å². The van der Waals surface area contributed by atoms with Gasteiger partial charge in [-0.25, -0.2) is 0 Å². The zero-order chi connectivity index (χ0) is 13.8. The molecule has 2 aliphatic rings. The Morgan fingerprint density at radius 3 is 3.15 bits per heavy atom. The molecule has 1 saturated heterocycles. The maximum Gasteiger partial charge on any atom is 0.235 e. The second kappa shape index (κ2) is 6.09. The maximum atomic E-state index is 12.2. The first kappa shape index (κ1) is 13.2. The second-order valence-electron chi connectivity index (χ2n) is 4.73. The molecule has 20 heavy (non-hydrogen) atoms. The van der Waals surface area contributed by atoms with E-state index in [1.54, 1.807) is 24.2 Å². The van der Waals surface area contributed by atoms with Gasteiger partial charge in [0.2, 0.25) is 5.91 Å². The Kier molecular flexibility index (Phi) is 4.01. The highest BCUT2D eigenvalue weighted by atomic mass is 32.2. The molecule has 3 rings (SSSR count). The van der Waals surface area contributed by atoms with Gasteiger partial charge in [-0.1, -0.05) is 0 Å². The van der Waals surface area contributed by atoms with Crippen molar-refractivity contribution in [3.63, 3.8) is 0 Å². The van der Waals surface area contributed by atoms with Gasteiger partial charge in [0, 0.05) is 43.1 Å². The first-order valence-electron chi connectivity index (χ1n) is 6.55. The normalized spacial score (nSPS) is 21.1. The molecule has 1 aromatic rings. The van der Waals surface area contributed by atoms with Gasteiger partial charge in [0.1, 0.15) is 11.9 Å². The summed E-state index contributed by atoms with van der Waals surface area (Å²) in [7, 11) is 0. The van der Waals surface area contributed by atoms with Crippen LogP contribution in [0.15, 0.2) is 41.3 Å². The van der Waals surface area contributed by atoms with Gasteiger partial charge in [0.25, 0.3) is 0 Å². The van der Waals surface area contributed by atoms with E-state index in [1.165, 1.54) is 5.70 Å². The number of carbonyl (C=O) groups is 1. The topological polar surface area (TPSA) is 57.6 Å². The zero-order valence-electron chi connectivity index (χ0n) is 11.0. The summed E-state index contributed by atoms with van der Waals surface area (Å²) in [6.07, 6.45) is 7.34. The van der Waals surface area contributed by atoms with Crippen molar-refractivity contribution >= 4 is 23.9 Å². The van der Waals surface area contributed by atoms with Crippen LogP contribution < -0.4 is 5.32 Å². The Morgan fingerprint density at radius 1 is 1.45 bits per heavy atom. The van der Waals surface area contributed by atoms with Crippen LogP contribution in [0.4, 0.5) is 0 Å². The highest BCUT2D eigenvalue weighted by Gasteiger charge is 2.28. The third-order valence-electron chi connectivity index (χ3n) is 3.36. The van der Waals surface area contributed by atoms with E-state index in [1.807, 2.05) is 24.4 Å². The molecule has 2 aliphatic heterocycles. The van der Waals surface area contributed by atoms with Crippen molar-refractivity contribution in [2.24, 2.45) is 4.99 Å². The molecule has 5 nitrogen and oxygen atoms in total. The van der Waals surface area contributed by atoms with Gasteiger partial charge in [-0.15, -0.1) is 11.8 Å². The minimum Gasteiger partial charge on any atom is -0.353 e. The fraction of sp³-hybridized carbons (Fsp3) is 0.357. The summed E-state index contributed by atoms with van der Waals surface area (Å²) in [4.78, 5) is 22.6. The Bertz CT molecular complexity index is 543. The summed E-state index contributed by atoms with van der Waals surface area (Å²) < 4.78 is 0. The third kappa shape index (κ3) is 3.01. The molecule has 1 N–H and O–H groups in total. The molecule has 6 heteroatoms. The Labute approximate surface area is 122 Å². The molecular weight excluding hydrogens is 272 g/mol. The van der Waals surface area contributed by atoms with E-state index in [9.17, 15) is 4.79 Å². The molecule has 1 unspecified atom stereocenters. The lowest BCUT2D eigenvalue weighted by Gasteiger charge is -2.35. The molecule has 0 bridgehead atoms. The molecular formula is C14H16N4OS. The van der Waals surface area contributed by atoms with Crippen molar-refractivity contribution < 1.29 is 4.79 Å². The summed E-state index contributed by atoms with van der Waals surface area (Å²) in [6.45, 7) is 1.95. The van der Waals surface area contributed by atoms with Crippen molar-refractivity contribution in [3.05, 3.63) is 41.9 Å². The van der Waals surface area contributed by atoms with Gasteiger partial charge in [-0.2, -0.15) is 0 Å². The van der Waals surface area contributed by atoms with Crippen molar-refractivity contribution in [1.29, 1.82) is 0 Å². The number of hydrogen-bond acceptors (Lipinski definition) is 5. The van der Waals surface area contributed by atoms with E-state index in [0.717, 1.165) is 17.9 Å². The molecule has 1 atom stereocenters. The highest BCUT2D eigenvalue weighted by molar-refractivity contribution is 8.00. The number of allylic oxidation sites excluding steroid dienone is 1. The standard InChI is InChI=1S/C14H16N4OS/c19-14(17-7-11-1-4-15-5-2-11)13-8-18-10-16-6-3-12(18)9-20-13/h1-6,13H,7-10H2,(H,17,19). The van der Waals surface area contributed by atoms with Gasteiger partial charge in [0.05, 0.1) is 0 Å². The number of aliphatic imine (C=N–C) groups is 1. The number of carbonyl (C=O) groups excluding carboxylic acids is 1. The molecule has 0 aromatic carbocycles. The summed E-state index contributed by atoms with van der Waals surface area (Å²) in [5, 5.41) is 2.97. The number of aromatic nitrogens is 1. The maximum absolute atomic E-state index is 12.2. The molecule has 3 heterocycles. The number of nitrogens with zero attached hydrogens (tertiary/aromatic N) is 3.